The highest BCUT2D eigenvalue weighted by molar-refractivity contribution is 5.62. The first kappa shape index (κ1) is 13.0. The van der Waals surface area contributed by atoms with E-state index in [0.717, 1.165) is 25.2 Å². The largest absolute Gasteiger partial charge is 0.399 e. The van der Waals surface area contributed by atoms with Gasteiger partial charge in [-0.2, -0.15) is 0 Å². The zero-order valence-electron chi connectivity index (χ0n) is 12.5. The van der Waals surface area contributed by atoms with E-state index >= 15 is 0 Å². The van der Waals surface area contributed by atoms with Crippen LogP contribution < -0.4 is 10.6 Å². The monoisotopic (exact) mass is 266 g/mol. The predicted octanol–water partition coefficient (Wildman–Crippen LogP) is 3.76. The van der Waals surface area contributed by atoms with Crippen molar-refractivity contribution in [3.63, 3.8) is 0 Å². The van der Waals surface area contributed by atoms with Crippen LogP contribution in [0.15, 0.2) is 30.3 Å². The maximum atomic E-state index is 5.93. The van der Waals surface area contributed by atoms with Crippen LogP contribution in [0.25, 0.3) is 0 Å². The second-order valence-electron chi connectivity index (χ2n) is 5.95. The molecule has 0 aromatic heterocycles. The number of rotatable bonds is 1. The van der Waals surface area contributed by atoms with Crippen LogP contribution in [-0.4, -0.2) is 6.54 Å². The minimum atomic E-state index is 0.864. The van der Waals surface area contributed by atoms with Gasteiger partial charge >= 0.3 is 0 Å². The van der Waals surface area contributed by atoms with Gasteiger partial charge in [-0.05, 0) is 61.6 Å². The Morgan fingerprint density at radius 2 is 1.65 bits per heavy atom. The van der Waals surface area contributed by atoms with Gasteiger partial charge in [0.25, 0.3) is 0 Å². The molecular formula is C18H22N2. The summed E-state index contributed by atoms with van der Waals surface area (Å²) in [5.74, 6) is 0. The Morgan fingerprint density at radius 3 is 2.35 bits per heavy atom. The summed E-state index contributed by atoms with van der Waals surface area (Å²) in [7, 11) is 0. The highest BCUT2D eigenvalue weighted by Crippen LogP contribution is 2.31. The van der Waals surface area contributed by atoms with E-state index in [1.165, 1.54) is 33.5 Å². The van der Waals surface area contributed by atoms with Crippen LogP contribution in [0.3, 0.4) is 0 Å². The maximum Gasteiger partial charge on any atom is 0.0433 e. The zero-order valence-corrected chi connectivity index (χ0v) is 12.5. The zero-order chi connectivity index (χ0) is 14.3. The number of nitrogens with zero attached hydrogens (tertiary/aromatic N) is 1. The number of nitrogens with two attached hydrogens (primary N) is 1. The molecule has 0 amide bonds. The lowest BCUT2D eigenvalue weighted by atomic mass is 9.96. The van der Waals surface area contributed by atoms with Crippen molar-refractivity contribution in [3.05, 3.63) is 58.1 Å². The first-order valence-electron chi connectivity index (χ1n) is 7.24. The second kappa shape index (κ2) is 4.86. The van der Waals surface area contributed by atoms with Gasteiger partial charge in [0.05, 0.1) is 0 Å². The van der Waals surface area contributed by atoms with Gasteiger partial charge in [-0.3, -0.25) is 0 Å². The number of benzene rings is 2. The van der Waals surface area contributed by atoms with Gasteiger partial charge in [0.1, 0.15) is 0 Å². The number of hydrogen-bond donors (Lipinski definition) is 1. The van der Waals surface area contributed by atoms with E-state index < -0.39 is 0 Å². The van der Waals surface area contributed by atoms with Gasteiger partial charge in [0.2, 0.25) is 0 Å². The molecule has 20 heavy (non-hydrogen) atoms. The fourth-order valence-corrected chi connectivity index (χ4v) is 3.44. The van der Waals surface area contributed by atoms with Crippen LogP contribution in [-0.2, 0) is 13.0 Å². The molecule has 0 saturated heterocycles. The molecule has 104 valence electrons. The molecule has 2 N–H and O–H groups in total. The van der Waals surface area contributed by atoms with Crippen LogP contribution in [0, 0.1) is 20.8 Å². The summed E-state index contributed by atoms with van der Waals surface area (Å²) in [5, 5.41) is 0. The quantitative estimate of drug-likeness (QED) is 0.796. The molecule has 2 heteroatoms. The summed E-state index contributed by atoms with van der Waals surface area (Å²) in [6.45, 7) is 8.64. The Bertz CT molecular complexity index is 635. The maximum absolute atomic E-state index is 5.93. The second-order valence-corrected chi connectivity index (χ2v) is 5.95. The van der Waals surface area contributed by atoms with Gasteiger partial charge in [0, 0.05) is 24.5 Å². The van der Waals surface area contributed by atoms with Gasteiger partial charge in [-0.25, -0.2) is 0 Å². The molecule has 3 rings (SSSR count). The fraction of sp³-hybridized carbons (Fsp3) is 0.333. The number of hydrogen-bond acceptors (Lipinski definition) is 2. The molecule has 1 heterocycles. The third-order valence-corrected chi connectivity index (χ3v) is 4.19. The van der Waals surface area contributed by atoms with Crippen molar-refractivity contribution in [2.24, 2.45) is 0 Å². The van der Waals surface area contributed by atoms with Gasteiger partial charge in [-0.1, -0.05) is 23.8 Å². The lowest BCUT2D eigenvalue weighted by Crippen LogP contribution is -2.31. The van der Waals surface area contributed by atoms with Crippen molar-refractivity contribution in [1.82, 2.24) is 0 Å². The molecule has 1 aliphatic heterocycles. The number of aryl methyl sites for hydroxylation is 3. The van der Waals surface area contributed by atoms with Crippen molar-refractivity contribution in [2.75, 3.05) is 17.2 Å². The number of nitrogen functional groups attached to an aromatic ring is 1. The Labute approximate surface area is 121 Å². The summed E-state index contributed by atoms with van der Waals surface area (Å²) in [5.41, 5.74) is 15.1. The standard InChI is InChI=1S/C18H22N2/c1-12-8-13(2)18(14(3)9-12)20-7-6-15-4-5-17(19)10-16(15)11-20/h4-5,8-10H,6-7,11,19H2,1-3H3. The molecule has 0 atom stereocenters. The highest BCUT2D eigenvalue weighted by Gasteiger charge is 2.19. The molecule has 1 aliphatic rings. The molecule has 0 fully saturated rings. The van der Waals surface area contributed by atoms with E-state index in [4.69, 9.17) is 5.73 Å². The van der Waals surface area contributed by atoms with Gasteiger partial charge in [-0.15, -0.1) is 0 Å². The van der Waals surface area contributed by atoms with Crippen molar-refractivity contribution in [1.29, 1.82) is 0 Å². The Morgan fingerprint density at radius 1 is 0.950 bits per heavy atom. The van der Waals surface area contributed by atoms with Crippen molar-refractivity contribution in [3.8, 4) is 0 Å². The lowest BCUT2D eigenvalue weighted by molar-refractivity contribution is 0.727. The first-order chi connectivity index (χ1) is 9.54. The number of anilines is 2. The normalized spacial score (nSPS) is 14.2. The van der Waals surface area contributed by atoms with E-state index in [0.29, 0.717) is 0 Å². The molecule has 0 spiro atoms. The van der Waals surface area contributed by atoms with E-state index in [9.17, 15) is 0 Å². The summed E-state index contributed by atoms with van der Waals surface area (Å²) in [6, 6.07) is 10.9. The molecule has 0 bridgehead atoms. The van der Waals surface area contributed by atoms with Crippen LogP contribution in [0.4, 0.5) is 11.4 Å². The van der Waals surface area contributed by atoms with Crippen LogP contribution in [0.1, 0.15) is 27.8 Å². The fourth-order valence-electron chi connectivity index (χ4n) is 3.44. The van der Waals surface area contributed by atoms with Crippen molar-refractivity contribution in [2.45, 2.75) is 33.7 Å². The molecule has 2 nitrogen and oxygen atoms in total. The Hall–Kier alpha value is -1.96. The molecular weight excluding hydrogens is 244 g/mol. The van der Waals surface area contributed by atoms with Crippen molar-refractivity contribution < 1.29 is 0 Å². The third-order valence-electron chi connectivity index (χ3n) is 4.19. The minimum absolute atomic E-state index is 0.864. The summed E-state index contributed by atoms with van der Waals surface area (Å²) in [6.07, 6.45) is 1.10. The molecule has 0 saturated carbocycles. The molecule has 0 aliphatic carbocycles. The van der Waals surface area contributed by atoms with Crippen molar-refractivity contribution >= 4 is 11.4 Å². The lowest BCUT2D eigenvalue weighted by Gasteiger charge is -2.33. The van der Waals surface area contributed by atoms with Gasteiger partial charge < -0.3 is 10.6 Å². The smallest absolute Gasteiger partial charge is 0.0433 e. The molecule has 2 aromatic carbocycles. The van der Waals surface area contributed by atoms with E-state index in [2.05, 4.69) is 49.9 Å². The van der Waals surface area contributed by atoms with Crippen LogP contribution in [0.5, 0.6) is 0 Å². The van der Waals surface area contributed by atoms with E-state index in [-0.39, 0.29) is 0 Å². The topological polar surface area (TPSA) is 29.3 Å². The minimum Gasteiger partial charge on any atom is -0.399 e. The molecule has 0 unspecified atom stereocenters. The van der Waals surface area contributed by atoms with E-state index in [1.807, 2.05) is 6.07 Å². The third kappa shape index (κ3) is 2.26. The van der Waals surface area contributed by atoms with Gasteiger partial charge in [0.15, 0.2) is 0 Å². The summed E-state index contributed by atoms with van der Waals surface area (Å²) < 4.78 is 0. The predicted molar refractivity (Wildman–Crippen MR) is 86.3 cm³/mol. The highest BCUT2D eigenvalue weighted by atomic mass is 15.1. The van der Waals surface area contributed by atoms with Crippen LogP contribution in [0.2, 0.25) is 0 Å². The van der Waals surface area contributed by atoms with Crippen LogP contribution >= 0.6 is 0 Å². The molecule has 2 aromatic rings. The molecule has 0 radical (unpaired) electrons. The summed E-state index contributed by atoms with van der Waals surface area (Å²) in [4.78, 5) is 2.49. The SMILES string of the molecule is Cc1cc(C)c(N2CCc3ccc(N)cc3C2)c(C)c1. The average molecular weight is 266 g/mol. The summed E-state index contributed by atoms with van der Waals surface area (Å²) >= 11 is 0. The Balaban J connectivity index is 1.98. The first-order valence-corrected chi connectivity index (χ1v) is 7.24. The number of fused-ring (bicyclic) bond motifs is 1. The van der Waals surface area contributed by atoms with E-state index in [1.54, 1.807) is 0 Å². The average Bonchev–Trinajstić information content (AvgIpc) is 2.37. The Kier molecular flexibility index (Phi) is 3.17.